The Labute approximate surface area is 142 Å². The molecular weight excluding hydrogens is 328 g/mol. The van der Waals surface area contributed by atoms with Gasteiger partial charge in [0.15, 0.2) is 0 Å². The maximum absolute atomic E-state index is 12.3. The number of ether oxygens (including phenoxy) is 2. The summed E-state index contributed by atoms with van der Waals surface area (Å²) >= 11 is 1.50. The van der Waals surface area contributed by atoms with Gasteiger partial charge >= 0.3 is 0 Å². The molecule has 0 saturated heterocycles. The molecule has 7 heteroatoms. The molecule has 1 amide bonds. The van der Waals surface area contributed by atoms with E-state index in [2.05, 4.69) is 5.32 Å². The minimum atomic E-state index is -0.304. The number of anilines is 1. The van der Waals surface area contributed by atoms with Crippen molar-refractivity contribution >= 4 is 33.0 Å². The number of fused-ring (bicyclic) bond motifs is 1. The largest absolute Gasteiger partial charge is 0.497 e. The fraction of sp³-hybridized carbons (Fsp3) is 0.176. The van der Waals surface area contributed by atoms with E-state index in [1.807, 2.05) is 11.4 Å². The van der Waals surface area contributed by atoms with Crippen LogP contribution in [-0.2, 0) is 11.3 Å². The highest BCUT2D eigenvalue weighted by molar-refractivity contribution is 7.17. The van der Waals surface area contributed by atoms with Gasteiger partial charge in [0, 0.05) is 34.8 Å². The van der Waals surface area contributed by atoms with Crippen LogP contribution in [0.2, 0.25) is 0 Å². The van der Waals surface area contributed by atoms with Gasteiger partial charge in [-0.1, -0.05) is 0 Å². The number of pyridine rings is 1. The van der Waals surface area contributed by atoms with E-state index in [-0.39, 0.29) is 18.0 Å². The van der Waals surface area contributed by atoms with Crippen LogP contribution >= 0.6 is 11.3 Å². The number of carbonyl (C=O) groups excluding carboxylic acids is 1. The van der Waals surface area contributed by atoms with Gasteiger partial charge in [0.25, 0.3) is 5.56 Å². The molecule has 1 aromatic carbocycles. The molecule has 0 aliphatic rings. The monoisotopic (exact) mass is 344 g/mol. The van der Waals surface area contributed by atoms with Crippen LogP contribution in [0.15, 0.2) is 46.7 Å². The summed E-state index contributed by atoms with van der Waals surface area (Å²) in [5.41, 5.74) is 0.369. The summed E-state index contributed by atoms with van der Waals surface area (Å²) in [7, 11) is 3.08. The minimum absolute atomic E-state index is 0.0653. The SMILES string of the molecule is COc1cc(NC(=O)Cn2ccc3sccc3c2=O)cc(OC)c1. The van der Waals surface area contributed by atoms with Gasteiger partial charge in [0.2, 0.25) is 5.91 Å². The molecule has 0 spiro atoms. The van der Waals surface area contributed by atoms with Crippen molar-refractivity contribution < 1.29 is 14.3 Å². The minimum Gasteiger partial charge on any atom is -0.497 e. The van der Waals surface area contributed by atoms with Crippen LogP contribution in [-0.4, -0.2) is 24.7 Å². The Hall–Kier alpha value is -2.80. The average molecular weight is 344 g/mol. The van der Waals surface area contributed by atoms with Gasteiger partial charge < -0.3 is 19.4 Å². The first-order chi connectivity index (χ1) is 11.6. The molecule has 2 heterocycles. The Morgan fingerprint density at radius 1 is 1.17 bits per heavy atom. The zero-order valence-corrected chi connectivity index (χ0v) is 14.1. The van der Waals surface area contributed by atoms with E-state index in [9.17, 15) is 9.59 Å². The number of benzene rings is 1. The lowest BCUT2D eigenvalue weighted by Crippen LogP contribution is -2.27. The third-order valence-electron chi connectivity index (χ3n) is 3.54. The van der Waals surface area contributed by atoms with E-state index in [4.69, 9.17) is 9.47 Å². The second-order valence-electron chi connectivity index (χ2n) is 5.10. The van der Waals surface area contributed by atoms with Crippen molar-refractivity contribution in [3.63, 3.8) is 0 Å². The van der Waals surface area contributed by atoms with Crippen molar-refractivity contribution in [3.8, 4) is 11.5 Å². The molecule has 3 aromatic rings. The smallest absolute Gasteiger partial charge is 0.259 e. The normalized spacial score (nSPS) is 10.6. The van der Waals surface area contributed by atoms with Crippen LogP contribution in [0, 0.1) is 0 Å². The topological polar surface area (TPSA) is 69.6 Å². The molecule has 0 bridgehead atoms. The summed E-state index contributed by atoms with van der Waals surface area (Å²) < 4.78 is 12.6. The Morgan fingerprint density at radius 2 is 1.88 bits per heavy atom. The molecule has 3 rings (SSSR count). The fourth-order valence-corrected chi connectivity index (χ4v) is 3.14. The van der Waals surface area contributed by atoms with Crippen molar-refractivity contribution in [2.75, 3.05) is 19.5 Å². The first kappa shape index (κ1) is 16.1. The van der Waals surface area contributed by atoms with Gasteiger partial charge in [-0.3, -0.25) is 9.59 Å². The van der Waals surface area contributed by atoms with Gasteiger partial charge in [0.05, 0.1) is 19.6 Å². The van der Waals surface area contributed by atoms with Crippen LogP contribution in [0.1, 0.15) is 0 Å². The van der Waals surface area contributed by atoms with Gasteiger partial charge in [-0.05, 0) is 17.5 Å². The number of aromatic nitrogens is 1. The average Bonchev–Trinajstić information content (AvgIpc) is 3.06. The van der Waals surface area contributed by atoms with E-state index < -0.39 is 0 Å². The second kappa shape index (κ2) is 6.76. The maximum Gasteiger partial charge on any atom is 0.259 e. The number of amides is 1. The second-order valence-corrected chi connectivity index (χ2v) is 6.04. The summed E-state index contributed by atoms with van der Waals surface area (Å²) in [6.07, 6.45) is 1.63. The molecule has 24 heavy (non-hydrogen) atoms. The first-order valence-electron chi connectivity index (χ1n) is 7.20. The van der Waals surface area contributed by atoms with Gasteiger partial charge in [-0.15, -0.1) is 11.3 Å². The molecule has 1 N–H and O–H groups in total. The van der Waals surface area contributed by atoms with Gasteiger partial charge in [-0.2, -0.15) is 0 Å². The standard InChI is InChI=1S/C17H16N2O4S/c1-22-12-7-11(8-13(9-12)23-2)18-16(20)10-19-5-3-15-14(17(19)21)4-6-24-15/h3-9H,10H2,1-2H3,(H,18,20). The number of thiophene rings is 1. The highest BCUT2D eigenvalue weighted by Gasteiger charge is 2.10. The molecule has 0 aliphatic heterocycles. The quantitative estimate of drug-likeness (QED) is 0.773. The lowest BCUT2D eigenvalue weighted by molar-refractivity contribution is -0.116. The van der Waals surface area contributed by atoms with Crippen molar-refractivity contribution in [2.24, 2.45) is 0 Å². The summed E-state index contributed by atoms with van der Waals surface area (Å²) in [5.74, 6) is 0.838. The number of nitrogens with one attached hydrogen (secondary N) is 1. The Morgan fingerprint density at radius 3 is 2.54 bits per heavy atom. The molecule has 6 nitrogen and oxygen atoms in total. The van der Waals surface area contributed by atoms with E-state index in [1.54, 1.807) is 30.5 Å². The van der Waals surface area contributed by atoms with E-state index in [0.717, 1.165) is 4.70 Å². The zero-order valence-electron chi connectivity index (χ0n) is 13.2. The van der Waals surface area contributed by atoms with Crippen molar-refractivity contribution in [1.82, 2.24) is 4.57 Å². The highest BCUT2D eigenvalue weighted by atomic mass is 32.1. The molecule has 2 aromatic heterocycles. The third-order valence-corrected chi connectivity index (χ3v) is 4.42. The molecular formula is C17H16N2O4S. The molecule has 0 atom stereocenters. The molecule has 0 fully saturated rings. The number of hydrogen-bond acceptors (Lipinski definition) is 5. The molecule has 0 saturated carbocycles. The van der Waals surface area contributed by atoms with Crippen LogP contribution in [0.5, 0.6) is 11.5 Å². The predicted molar refractivity (Wildman–Crippen MR) is 94.3 cm³/mol. The molecule has 0 aliphatic carbocycles. The number of hydrogen-bond donors (Lipinski definition) is 1. The summed E-state index contributed by atoms with van der Waals surface area (Å²) in [4.78, 5) is 24.6. The van der Waals surface area contributed by atoms with Crippen molar-refractivity contribution in [3.05, 3.63) is 52.3 Å². The van der Waals surface area contributed by atoms with Crippen molar-refractivity contribution in [1.29, 1.82) is 0 Å². The van der Waals surface area contributed by atoms with Gasteiger partial charge in [-0.25, -0.2) is 0 Å². The number of carbonyl (C=O) groups is 1. The molecule has 0 unspecified atom stereocenters. The number of rotatable bonds is 5. The van der Waals surface area contributed by atoms with E-state index in [1.165, 1.54) is 30.1 Å². The zero-order chi connectivity index (χ0) is 17.1. The Kier molecular flexibility index (Phi) is 4.52. The number of nitrogens with zero attached hydrogens (tertiary/aromatic N) is 1. The van der Waals surface area contributed by atoms with Gasteiger partial charge in [0.1, 0.15) is 18.0 Å². The Balaban J connectivity index is 1.80. The Bertz CT molecular complexity index is 923. The lowest BCUT2D eigenvalue weighted by Gasteiger charge is -2.10. The van der Waals surface area contributed by atoms with Crippen LogP contribution in [0.3, 0.4) is 0 Å². The molecule has 0 radical (unpaired) electrons. The van der Waals surface area contributed by atoms with Crippen LogP contribution < -0.4 is 20.3 Å². The lowest BCUT2D eigenvalue weighted by atomic mass is 10.2. The first-order valence-corrected chi connectivity index (χ1v) is 8.08. The van der Waals surface area contributed by atoms with Crippen LogP contribution in [0.25, 0.3) is 10.1 Å². The summed E-state index contributed by atoms with van der Waals surface area (Å²) in [5, 5.41) is 5.24. The van der Waals surface area contributed by atoms with Crippen molar-refractivity contribution in [2.45, 2.75) is 6.54 Å². The summed E-state index contributed by atoms with van der Waals surface area (Å²) in [6.45, 7) is -0.0653. The number of methoxy groups -OCH3 is 2. The third kappa shape index (κ3) is 3.26. The fourth-order valence-electron chi connectivity index (χ4n) is 2.37. The highest BCUT2D eigenvalue weighted by Crippen LogP contribution is 2.25. The van der Waals surface area contributed by atoms with E-state index >= 15 is 0 Å². The van der Waals surface area contributed by atoms with E-state index in [0.29, 0.717) is 22.6 Å². The molecule has 124 valence electrons. The predicted octanol–water partition coefficient (Wildman–Crippen LogP) is 2.72. The summed E-state index contributed by atoms with van der Waals surface area (Å²) in [6, 6.07) is 8.69. The van der Waals surface area contributed by atoms with Crippen LogP contribution in [0.4, 0.5) is 5.69 Å². The maximum atomic E-state index is 12.3.